The van der Waals surface area contributed by atoms with Crippen molar-refractivity contribution in [3.8, 4) is 0 Å². The van der Waals surface area contributed by atoms with Crippen molar-refractivity contribution in [3.05, 3.63) is 65.7 Å². The SMILES string of the molecule is O=C(NCc1ccccn1)C(Br)Cc1ccccc1F. The van der Waals surface area contributed by atoms with Gasteiger partial charge in [-0.3, -0.25) is 9.78 Å². The van der Waals surface area contributed by atoms with Crippen LogP contribution in [-0.4, -0.2) is 15.7 Å². The van der Waals surface area contributed by atoms with E-state index in [0.29, 0.717) is 18.5 Å². The highest BCUT2D eigenvalue weighted by atomic mass is 79.9. The molecular weight excluding hydrogens is 323 g/mol. The fraction of sp³-hybridized carbons (Fsp3) is 0.200. The topological polar surface area (TPSA) is 42.0 Å². The number of carbonyl (C=O) groups excluding carboxylic acids is 1. The summed E-state index contributed by atoms with van der Waals surface area (Å²) in [6.07, 6.45) is 1.98. The van der Waals surface area contributed by atoms with Crippen LogP contribution in [0.2, 0.25) is 0 Å². The normalized spacial score (nSPS) is 11.9. The Kier molecular flexibility index (Phi) is 5.24. The number of carbonyl (C=O) groups is 1. The molecule has 1 heterocycles. The summed E-state index contributed by atoms with van der Waals surface area (Å²) in [5, 5.41) is 2.77. The molecule has 0 spiro atoms. The minimum Gasteiger partial charge on any atom is -0.349 e. The van der Waals surface area contributed by atoms with Gasteiger partial charge in [-0.05, 0) is 30.2 Å². The summed E-state index contributed by atoms with van der Waals surface area (Å²) in [5.74, 6) is -0.478. The number of benzene rings is 1. The van der Waals surface area contributed by atoms with E-state index in [2.05, 4.69) is 26.2 Å². The van der Waals surface area contributed by atoms with Crippen LogP contribution in [0.3, 0.4) is 0 Å². The third-order valence-corrected chi connectivity index (χ3v) is 3.55. The average Bonchev–Trinajstić information content (AvgIpc) is 2.48. The summed E-state index contributed by atoms with van der Waals surface area (Å²) >= 11 is 3.29. The minimum absolute atomic E-state index is 0.182. The zero-order valence-electron chi connectivity index (χ0n) is 10.7. The molecular formula is C15H14BrFN2O. The maximum Gasteiger partial charge on any atom is 0.234 e. The molecule has 104 valence electrons. The van der Waals surface area contributed by atoms with Crippen molar-refractivity contribution in [1.82, 2.24) is 10.3 Å². The molecule has 1 aromatic carbocycles. The smallest absolute Gasteiger partial charge is 0.234 e. The van der Waals surface area contributed by atoms with Crippen LogP contribution in [0.15, 0.2) is 48.7 Å². The molecule has 1 aromatic heterocycles. The van der Waals surface area contributed by atoms with Gasteiger partial charge < -0.3 is 5.32 Å². The molecule has 0 aliphatic carbocycles. The second-order valence-corrected chi connectivity index (χ2v) is 5.41. The predicted molar refractivity (Wildman–Crippen MR) is 78.9 cm³/mol. The van der Waals surface area contributed by atoms with Crippen LogP contribution >= 0.6 is 15.9 Å². The Labute approximate surface area is 125 Å². The first-order chi connectivity index (χ1) is 9.66. The zero-order chi connectivity index (χ0) is 14.4. The van der Waals surface area contributed by atoms with Gasteiger partial charge in [0.1, 0.15) is 5.82 Å². The van der Waals surface area contributed by atoms with Crippen LogP contribution in [0.4, 0.5) is 4.39 Å². The predicted octanol–water partition coefficient (Wildman–Crippen LogP) is 2.84. The summed E-state index contributed by atoms with van der Waals surface area (Å²) in [6, 6.07) is 12.0. The number of alkyl halides is 1. The highest BCUT2D eigenvalue weighted by molar-refractivity contribution is 9.10. The summed E-state index contributed by atoms with van der Waals surface area (Å²) in [7, 11) is 0. The van der Waals surface area contributed by atoms with Crippen molar-refractivity contribution in [3.63, 3.8) is 0 Å². The van der Waals surface area contributed by atoms with Crippen LogP contribution in [0.1, 0.15) is 11.3 Å². The van der Waals surface area contributed by atoms with Gasteiger partial charge >= 0.3 is 0 Å². The third-order valence-electron chi connectivity index (χ3n) is 2.81. The molecule has 5 heteroatoms. The fourth-order valence-corrected chi connectivity index (χ4v) is 2.25. The number of rotatable bonds is 5. The molecule has 1 unspecified atom stereocenters. The second kappa shape index (κ2) is 7.14. The summed E-state index contributed by atoms with van der Waals surface area (Å²) in [5.41, 5.74) is 1.30. The molecule has 20 heavy (non-hydrogen) atoms. The lowest BCUT2D eigenvalue weighted by atomic mass is 10.1. The number of aromatic nitrogens is 1. The first-order valence-corrected chi connectivity index (χ1v) is 7.13. The van der Waals surface area contributed by atoms with Crippen LogP contribution in [0, 0.1) is 5.82 Å². The number of nitrogens with zero attached hydrogens (tertiary/aromatic N) is 1. The molecule has 0 radical (unpaired) electrons. The van der Waals surface area contributed by atoms with Crippen molar-refractivity contribution in [2.45, 2.75) is 17.8 Å². The average molecular weight is 337 g/mol. The molecule has 0 saturated heterocycles. The molecule has 2 aromatic rings. The molecule has 0 bridgehead atoms. The van der Waals surface area contributed by atoms with Crippen molar-refractivity contribution in [2.75, 3.05) is 0 Å². The number of halogens is 2. The van der Waals surface area contributed by atoms with E-state index in [4.69, 9.17) is 0 Å². The van der Waals surface area contributed by atoms with E-state index >= 15 is 0 Å². The van der Waals surface area contributed by atoms with Crippen molar-refractivity contribution in [2.24, 2.45) is 0 Å². The molecule has 0 fully saturated rings. The van der Waals surface area contributed by atoms with Crippen molar-refractivity contribution < 1.29 is 9.18 Å². The van der Waals surface area contributed by atoms with Crippen molar-refractivity contribution >= 4 is 21.8 Å². The maximum atomic E-state index is 13.5. The maximum absolute atomic E-state index is 13.5. The van der Waals surface area contributed by atoms with Crippen LogP contribution in [0.5, 0.6) is 0 Å². The Balaban J connectivity index is 1.88. The molecule has 1 N–H and O–H groups in total. The Morgan fingerprint density at radius 1 is 1.25 bits per heavy atom. The Morgan fingerprint density at radius 3 is 2.70 bits per heavy atom. The summed E-state index contributed by atoms with van der Waals surface area (Å²) in [4.78, 5) is 15.6. The first-order valence-electron chi connectivity index (χ1n) is 6.22. The minimum atomic E-state index is -0.469. The van der Waals surface area contributed by atoms with Crippen LogP contribution in [0.25, 0.3) is 0 Å². The molecule has 0 saturated carbocycles. The van der Waals surface area contributed by atoms with E-state index < -0.39 is 4.83 Å². The van der Waals surface area contributed by atoms with Crippen molar-refractivity contribution in [1.29, 1.82) is 0 Å². The Morgan fingerprint density at radius 2 is 2.00 bits per heavy atom. The Hall–Kier alpha value is -1.75. The Bertz CT molecular complexity index is 577. The number of hydrogen-bond donors (Lipinski definition) is 1. The van der Waals surface area contributed by atoms with E-state index in [1.165, 1.54) is 6.07 Å². The van der Waals surface area contributed by atoms with Gasteiger partial charge in [-0.15, -0.1) is 0 Å². The number of amides is 1. The number of nitrogens with one attached hydrogen (secondary N) is 1. The molecule has 1 amide bonds. The molecule has 0 aliphatic heterocycles. The summed E-state index contributed by atoms with van der Waals surface area (Å²) < 4.78 is 13.5. The van der Waals surface area contributed by atoms with Gasteiger partial charge in [-0.1, -0.05) is 40.2 Å². The third kappa shape index (κ3) is 4.13. The van der Waals surface area contributed by atoms with Crippen LogP contribution < -0.4 is 5.32 Å². The fourth-order valence-electron chi connectivity index (χ4n) is 1.74. The number of pyridine rings is 1. The first kappa shape index (κ1) is 14.7. The zero-order valence-corrected chi connectivity index (χ0v) is 12.3. The van der Waals surface area contributed by atoms with E-state index in [9.17, 15) is 9.18 Å². The highest BCUT2D eigenvalue weighted by Gasteiger charge is 2.16. The largest absolute Gasteiger partial charge is 0.349 e. The molecule has 0 aliphatic rings. The lowest BCUT2D eigenvalue weighted by molar-refractivity contribution is -0.120. The second-order valence-electron chi connectivity index (χ2n) is 4.30. The van der Waals surface area contributed by atoms with Gasteiger partial charge in [0.2, 0.25) is 5.91 Å². The van der Waals surface area contributed by atoms with Gasteiger partial charge in [0, 0.05) is 6.20 Å². The van der Waals surface area contributed by atoms with E-state index in [0.717, 1.165) is 5.69 Å². The quantitative estimate of drug-likeness (QED) is 0.853. The monoisotopic (exact) mass is 336 g/mol. The van der Waals surface area contributed by atoms with E-state index in [-0.39, 0.29) is 11.7 Å². The lowest BCUT2D eigenvalue weighted by Gasteiger charge is -2.11. The van der Waals surface area contributed by atoms with Gasteiger partial charge in [-0.25, -0.2) is 4.39 Å². The van der Waals surface area contributed by atoms with Gasteiger partial charge in [0.05, 0.1) is 17.1 Å². The highest BCUT2D eigenvalue weighted by Crippen LogP contribution is 2.13. The molecule has 2 rings (SSSR count). The summed E-state index contributed by atoms with van der Waals surface area (Å²) in [6.45, 7) is 0.360. The lowest BCUT2D eigenvalue weighted by Crippen LogP contribution is -2.32. The molecule has 3 nitrogen and oxygen atoms in total. The van der Waals surface area contributed by atoms with Crippen LogP contribution in [-0.2, 0) is 17.8 Å². The number of hydrogen-bond acceptors (Lipinski definition) is 2. The van der Waals surface area contributed by atoms with Gasteiger partial charge in [0.15, 0.2) is 0 Å². The van der Waals surface area contributed by atoms with Gasteiger partial charge in [-0.2, -0.15) is 0 Å². The van der Waals surface area contributed by atoms with E-state index in [1.54, 1.807) is 24.4 Å². The molecule has 1 atom stereocenters. The van der Waals surface area contributed by atoms with Gasteiger partial charge in [0.25, 0.3) is 0 Å². The van der Waals surface area contributed by atoms with E-state index in [1.807, 2.05) is 18.2 Å². The standard InChI is InChI=1S/C15H14BrFN2O/c16-13(9-11-5-1-2-7-14(11)17)15(20)19-10-12-6-3-4-8-18-12/h1-8,13H,9-10H2,(H,19,20).